The molecule has 0 aliphatic carbocycles. The number of piperidine rings is 1. The fourth-order valence-electron chi connectivity index (χ4n) is 2.60. The second-order valence-electron chi connectivity index (χ2n) is 5.19. The van der Waals surface area contributed by atoms with Gasteiger partial charge >= 0.3 is 0 Å². The highest BCUT2D eigenvalue weighted by Crippen LogP contribution is 2.16. The Morgan fingerprint density at radius 3 is 2.78 bits per heavy atom. The van der Waals surface area contributed by atoms with E-state index in [1.165, 1.54) is 19.5 Å². The Morgan fingerprint density at radius 1 is 1.28 bits per heavy atom. The monoisotopic (exact) mass is 258 g/mol. The van der Waals surface area contributed by atoms with E-state index in [1.54, 1.807) is 7.11 Å². The molecule has 0 saturated carbocycles. The molecular formula is C14H30N2O2. The fourth-order valence-corrected chi connectivity index (χ4v) is 2.60. The van der Waals surface area contributed by atoms with Crippen molar-refractivity contribution in [3.05, 3.63) is 0 Å². The van der Waals surface area contributed by atoms with Crippen LogP contribution in [0.3, 0.4) is 0 Å². The third kappa shape index (κ3) is 6.14. The highest BCUT2D eigenvalue weighted by molar-refractivity contribution is 4.82. The van der Waals surface area contributed by atoms with E-state index in [0.717, 1.165) is 45.2 Å². The number of rotatable bonds is 9. The van der Waals surface area contributed by atoms with Crippen molar-refractivity contribution in [2.24, 2.45) is 5.92 Å². The average Bonchev–Trinajstić information content (AvgIpc) is 2.37. The maximum absolute atomic E-state index is 5.61. The van der Waals surface area contributed by atoms with Gasteiger partial charge in [0.25, 0.3) is 0 Å². The minimum atomic E-state index is 0.703. The number of hydrogen-bond acceptors (Lipinski definition) is 4. The van der Waals surface area contributed by atoms with Crippen LogP contribution >= 0.6 is 0 Å². The molecule has 1 rings (SSSR count). The number of likely N-dealkylation sites (tertiary alicyclic amines) is 1. The molecule has 0 aromatic carbocycles. The highest BCUT2D eigenvalue weighted by Gasteiger charge is 2.24. The standard InChI is InChI=1S/C14H30N2O2/c1-4-15-14-6-7-16(12-13(14)2)8-11-18-10-5-9-17-3/h13-15H,4-12H2,1-3H3. The summed E-state index contributed by atoms with van der Waals surface area (Å²) in [4.78, 5) is 2.52. The first-order valence-corrected chi connectivity index (χ1v) is 7.30. The van der Waals surface area contributed by atoms with E-state index in [1.807, 2.05) is 0 Å². The summed E-state index contributed by atoms with van der Waals surface area (Å²) in [5.41, 5.74) is 0. The van der Waals surface area contributed by atoms with Crippen molar-refractivity contribution >= 4 is 0 Å². The topological polar surface area (TPSA) is 33.7 Å². The summed E-state index contributed by atoms with van der Waals surface area (Å²) in [5, 5.41) is 3.57. The van der Waals surface area contributed by atoms with Gasteiger partial charge in [-0.15, -0.1) is 0 Å². The smallest absolute Gasteiger partial charge is 0.0593 e. The molecule has 0 radical (unpaired) electrons. The van der Waals surface area contributed by atoms with E-state index in [2.05, 4.69) is 24.1 Å². The summed E-state index contributed by atoms with van der Waals surface area (Å²) in [6, 6.07) is 0.703. The molecule has 4 heteroatoms. The molecule has 18 heavy (non-hydrogen) atoms. The zero-order chi connectivity index (χ0) is 13.2. The van der Waals surface area contributed by atoms with Crippen LogP contribution in [0.4, 0.5) is 0 Å². The van der Waals surface area contributed by atoms with Gasteiger partial charge in [0.2, 0.25) is 0 Å². The number of ether oxygens (including phenoxy) is 2. The summed E-state index contributed by atoms with van der Waals surface area (Å²) < 4.78 is 10.6. The molecule has 4 nitrogen and oxygen atoms in total. The van der Waals surface area contributed by atoms with Crippen LogP contribution in [-0.2, 0) is 9.47 Å². The Bertz CT molecular complexity index is 202. The van der Waals surface area contributed by atoms with Crippen LogP contribution in [-0.4, -0.2) is 64.1 Å². The normalized spacial score (nSPS) is 25.5. The van der Waals surface area contributed by atoms with Crippen molar-refractivity contribution in [2.45, 2.75) is 32.7 Å². The Morgan fingerprint density at radius 2 is 2.11 bits per heavy atom. The van der Waals surface area contributed by atoms with Gasteiger partial charge in [0.15, 0.2) is 0 Å². The van der Waals surface area contributed by atoms with Crippen molar-refractivity contribution in [3.8, 4) is 0 Å². The zero-order valence-corrected chi connectivity index (χ0v) is 12.3. The SMILES string of the molecule is CCNC1CCN(CCOCCCOC)CC1C. The van der Waals surface area contributed by atoms with Crippen LogP contribution in [0, 0.1) is 5.92 Å². The van der Waals surface area contributed by atoms with Gasteiger partial charge in [0.1, 0.15) is 0 Å². The number of nitrogens with one attached hydrogen (secondary N) is 1. The van der Waals surface area contributed by atoms with Crippen LogP contribution < -0.4 is 5.32 Å². The molecule has 0 aromatic heterocycles. The molecule has 2 atom stereocenters. The minimum Gasteiger partial charge on any atom is -0.385 e. The van der Waals surface area contributed by atoms with Crippen LogP contribution in [0.5, 0.6) is 0 Å². The lowest BCUT2D eigenvalue weighted by atomic mass is 9.94. The zero-order valence-electron chi connectivity index (χ0n) is 12.3. The van der Waals surface area contributed by atoms with Crippen molar-refractivity contribution in [3.63, 3.8) is 0 Å². The van der Waals surface area contributed by atoms with E-state index in [0.29, 0.717) is 6.04 Å². The predicted molar refractivity (Wildman–Crippen MR) is 75.0 cm³/mol. The number of nitrogens with zero attached hydrogens (tertiary/aromatic N) is 1. The van der Waals surface area contributed by atoms with Crippen molar-refractivity contribution in [2.75, 3.05) is 53.1 Å². The molecule has 1 aliphatic heterocycles. The number of hydrogen-bond donors (Lipinski definition) is 1. The average molecular weight is 258 g/mol. The minimum absolute atomic E-state index is 0.703. The molecule has 0 spiro atoms. The van der Waals surface area contributed by atoms with Crippen LogP contribution in [0.15, 0.2) is 0 Å². The van der Waals surface area contributed by atoms with Crippen molar-refractivity contribution < 1.29 is 9.47 Å². The van der Waals surface area contributed by atoms with Gasteiger partial charge in [-0.3, -0.25) is 0 Å². The van der Waals surface area contributed by atoms with Gasteiger partial charge in [-0.05, 0) is 31.8 Å². The summed E-state index contributed by atoms with van der Waals surface area (Å²) in [6.07, 6.45) is 2.26. The molecule has 108 valence electrons. The van der Waals surface area contributed by atoms with Gasteiger partial charge in [0.05, 0.1) is 6.61 Å². The fraction of sp³-hybridized carbons (Fsp3) is 1.00. The molecule has 1 fully saturated rings. The maximum atomic E-state index is 5.61. The molecule has 0 amide bonds. The van der Waals surface area contributed by atoms with Gasteiger partial charge in [0, 0.05) is 39.5 Å². The first kappa shape index (κ1) is 15.9. The van der Waals surface area contributed by atoms with Crippen LogP contribution in [0.1, 0.15) is 26.7 Å². The third-order valence-corrected chi connectivity index (χ3v) is 3.64. The molecule has 1 N–H and O–H groups in total. The maximum Gasteiger partial charge on any atom is 0.0593 e. The molecule has 0 aromatic rings. The first-order chi connectivity index (χ1) is 8.77. The van der Waals surface area contributed by atoms with Crippen molar-refractivity contribution in [1.82, 2.24) is 10.2 Å². The quantitative estimate of drug-likeness (QED) is 0.633. The summed E-state index contributed by atoms with van der Waals surface area (Å²) >= 11 is 0. The van der Waals surface area contributed by atoms with Crippen LogP contribution in [0.25, 0.3) is 0 Å². The lowest BCUT2D eigenvalue weighted by Crippen LogP contribution is -2.48. The Labute approximate surface area is 112 Å². The predicted octanol–water partition coefficient (Wildman–Crippen LogP) is 1.36. The molecule has 1 saturated heterocycles. The highest BCUT2D eigenvalue weighted by atomic mass is 16.5. The van der Waals surface area contributed by atoms with Crippen molar-refractivity contribution in [1.29, 1.82) is 0 Å². The largest absolute Gasteiger partial charge is 0.385 e. The summed E-state index contributed by atoms with van der Waals surface area (Å²) in [7, 11) is 1.73. The van der Waals surface area contributed by atoms with Gasteiger partial charge in [-0.1, -0.05) is 13.8 Å². The molecule has 2 unspecified atom stereocenters. The second-order valence-corrected chi connectivity index (χ2v) is 5.19. The summed E-state index contributed by atoms with van der Waals surface area (Å²) in [5.74, 6) is 0.743. The molecular weight excluding hydrogens is 228 g/mol. The van der Waals surface area contributed by atoms with E-state index >= 15 is 0 Å². The summed E-state index contributed by atoms with van der Waals surface area (Å²) in [6.45, 7) is 11.5. The Balaban J connectivity index is 2.03. The van der Waals surface area contributed by atoms with E-state index < -0.39 is 0 Å². The molecule has 0 bridgehead atoms. The molecule has 1 heterocycles. The lowest BCUT2D eigenvalue weighted by Gasteiger charge is -2.37. The van der Waals surface area contributed by atoms with E-state index in [9.17, 15) is 0 Å². The first-order valence-electron chi connectivity index (χ1n) is 7.30. The van der Waals surface area contributed by atoms with E-state index in [-0.39, 0.29) is 0 Å². The Kier molecular flexibility index (Phi) is 8.59. The third-order valence-electron chi connectivity index (χ3n) is 3.64. The lowest BCUT2D eigenvalue weighted by molar-refractivity contribution is 0.0667. The molecule has 1 aliphatic rings. The van der Waals surface area contributed by atoms with Gasteiger partial charge in [-0.2, -0.15) is 0 Å². The van der Waals surface area contributed by atoms with Gasteiger partial charge in [-0.25, -0.2) is 0 Å². The second kappa shape index (κ2) is 9.73. The number of methoxy groups -OCH3 is 1. The van der Waals surface area contributed by atoms with E-state index in [4.69, 9.17) is 9.47 Å². The Hall–Kier alpha value is -0.160. The van der Waals surface area contributed by atoms with Gasteiger partial charge < -0.3 is 19.7 Å². The van der Waals surface area contributed by atoms with Crippen LogP contribution in [0.2, 0.25) is 0 Å².